The average molecular weight is 258 g/mol. The smallest absolute Gasteiger partial charge is 0.309 e. The number of allylic oxidation sites excluding steroid dienone is 1. The van der Waals surface area contributed by atoms with Crippen LogP contribution < -0.4 is 0 Å². The van der Waals surface area contributed by atoms with E-state index in [9.17, 15) is 4.79 Å². The lowest BCUT2D eigenvalue weighted by atomic mass is 9.88. The summed E-state index contributed by atoms with van der Waals surface area (Å²) in [4.78, 5) is 11.0. The second-order valence-corrected chi connectivity index (χ2v) is 6.01. The Kier molecular flexibility index (Phi) is 4.08. The fourth-order valence-electron chi connectivity index (χ4n) is 2.47. The van der Waals surface area contributed by atoms with Gasteiger partial charge in [-0.05, 0) is 62.6 Å². The zero-order chi connectivity index (χ0) is 13.9. The highest BCUT2D eigenvalue weighted by atomic mass is 16.4. The third-order valence-corrected chi connectivity index (χ3v) is 3.95. The molecule has 0 fully saturated rings. The summed E-state index contributed by atoms with van der Waals surface area (Å²) >= 11 is 0. The zero-order valence-corrected chi connectivity index (χ0v) is 11.8. The van der Waals surface area contributed by atoms with Crippen LogP contribution in [0.3, 0.4) is 0 Å². The predicted molar refractivity (Wildman–Crippen MR) is 78.2 cm³/mol. The van der Waals surface area contributed by atoms with E-state index in [1.165, 1.54) is 36.0 Å². The van der Waals surface area contributed by atoms with E-state index in [-0.39, 0.29) is 0 Å². The van der Waals surface area contributed by atoms with E-state index in [4.69, 9.17) is 5.11 Å². The molecule has 0 saturated carbocycles. The van der Waals surface area contributed by atoms with Gasteiger partial charge in [-0.25, -0.2) is 0 Å². The Balaban J connectivity index is 1.91. The summed E-state index contributed by atoms with van der Waals surface area (Å²) in [5.74, 6) is -0.724. The summed E-state index contributed by atoms with van der Waals surface area (Å²) in [5, 5.41) is 9.04. The van der Waals surface area contributed by atoms with Gasteiger partial charge in [0.1, 0.15) is 0 Å². The van der Waals surface area contributed by atoms with E-state index in [1.807, 2.05) is 0 Å². The number of rotatable bonds is 5. The van der Waals surface area contributed by atoms with Gasteiger partial charge in [-0.3, -0.25) is 4.79 Å². The minimum Gasteiger partial charge on any atom is -0.481 e. The van der Waals surface area contributed by atoms with Crippen LogP contribution in [0.1, 0.15) is 49.8 Å². The molecule has 0 atom stereocenters. The number of hydrogen-bond donors (Lipinski definition) is 1. The lowest BCUT2D eigenvalue weighted by Gasteiger charge is -2.17. The van der Waals surface area contributed by atoms with E-state index in [0.29, 0.717) is 6.42 Å². The fraction of sp³-hybridized carbons (Fsp3) is 0.471. The van der Waals surface area contributed by atoms with Crippen molar-refractivity contribution in [3.8, 4) is 0 Å². The number of hydrogen-bond acceptors (Lipinski definition) is 1. The van der Waals surface area contributed by atoms with Crippen LogP contribution in [-0.4, -0.2) is 11.1 Å². The van der Waals surface area contributed by atoms with Crippen LogP contribution in [0, 0.1) is 5.41 Å². The Morgan fingerprint density at radius 3 is 2.79 bits per heavy atom. The van der Waals surface area contributed by atoms with Gasteiger partial charge in [0.05, 0.1) is 5.41 Å². The van der Waals surface area contributed by atoms with Crippen molar-refractivity contribution in [3.63, 3.8) is 0 Å². The molecule has 0 heterocycles. The van der Waals surface area contributed by atoms with Crippen molar-refractivity contribution in [1.82, 2.24) is 0 Å². The van der Waals surface area contributed by atoms with Crippen LogP contribution in [0.5, 0.6) is 0 Å². The molecule has 2 rings (SSSR count). The lowest BCUT2D eigenvalue weighted by molar-refractivity contribution is -0.147. The molecule has 1 aliphatic carbocycles. The maximum Gasteiger partial charge on any atom is 0.309 e. The predicted octanol–water partition coefficient (Wildman–Crippen LogP) is 4.08. The van der Waals surface area contributed by atoms with Gasteiger partial charge in [0.15, 0.2) is 0 Å². The monoisotopic (exact) mass is 258 g/mol. The van der Waals surface area contributed by atoms with Gasteiger partial charge in [0.25, 0.3) is 0 Å². The normalized spacial score (nSPS) is 14.8. The third kappa shape index (κ3) is 3.46. The number of fused-ring (bicyclic) bond motifs is 1. The van der Waals surface area contributed by atoms with Crippen molar-refractivity contribution < 1.29 is 9.90 Å². The van der Waals surface area contributed by atoms with Gasteiger partial charge in [-0.2, -0.15) is 0 Å². The maximum absolute atomic E-state index is 11.0. The molecule has 0 amide bonds. The van der Waals surface area contributed by atoms with Crippen molar-refractivity contribution in [2.75, 3.05) is 0 Å². The largest absolute Gasteiger partial charge is 0.481 e. The minimum absolute atomic E-state index is 0.637. The highest BCUT2D eigenvalue weighted by Crippen LogP contribution is 2.25. The molecule has 1 N–H and O–H groups in total. The molecule has 0 aromatic heterocycles. The third-order valence-electron chi connectivity index (χ3n) is 3.95. The topological polar surface area (TPSA) is 37.3 Å². The highest BCUT2D eigenvalue weighted by molar-refractivity contribution is 5.73. The summed E-state index contributed by atoms with van der Waals surface area (Å²) in [6.07, 6.45) is 9.35. The second-order valence-electron chi connectivity index (χ2n) is 6.01. The van der Waals surface area contributed by atoms with E-state index in [1.54, 1.807) is 13.8 Å². The average Bonchev–Trinajstić information content (AvgIpc) is 2.81. The van der Waals surface area contributed by atoms with Crippen LogP contribution in [0.4, 0.5) is 0 Å². The van der Waals surface area contributed by atoms with Crippen molar-refractivity contribution in [3.05, 3.63) is 41.0 Å². The molecule has 2 nitrogen and oxygen atoms in total. The molecular weight excluding hydrogens is 236 g/mol. The van der Waals surface area contributed by atoms with E-state index in [2.05, 4.69) is 30.4 Å². The first-order valence-electron chi connectivity index (χ1n) is 7.01. The number of benzene rings is 1. The van der Waals surface area contributed by atoms with E-state index >= 15 is 0 Å². The van der Waals surface area contributed by atoms with Crippen LogP contribution in [0.2, 0.25) is 0 Å². The number of carboxylic acid groups (broad SMARTS) is 1. The number of aryl methyl sites for hydroxylation is 2. The maximum atomic E-state index is 11.0. The van der Waals surface area contributed by atoms with Crippen LogP contribution >= 0.6 is 0 Å². The molecule has 0 radical (unpaired) electrons. The highest BCUT2D eigenvalue weighted by Gasteiger charge is 2.25. The summed E-state index contributed by atoms with van der Waals surface area (Å²) in [5.41, 5.74) is 3.56. The van der Waals surface area contributed by atoms with Crippen molar-refractivity contribution in [1.29, 1.82) is 0 Å². The summed E-state index contributed by atoms with van der Waals surface area (Å²) < 4.78 is 0. The zero-order valence-electron chi connectivity index (χ0n) is 11.8. The molecule has 0 aliphatic heterocycles. The number of carbonyl (C=O) groups is 1. The van der Waals surface area contributed by atoms with Crippen LogP contribution in [0.25, 0.3) is 6.08 Å². The van der Waals surface area contributed by atoms with E-state index < -0.39 is 11.4 Å². The molecule has 0 spiro atoms. The van der Waals surface area contributed by atoms with Gasteiger partial charge < -0.3 is 5.11 Å². The van der Waals surface area contributed by atoms with Gasteiger partial charge in [-0.1, -0.05) is 30.4 Å². The Bertz CT molecular complexity index is 498. The molecular formula is C17H22O2. The van der Waals surface area contributed by atoms with Crippen molar-refractivity contribution in [2.45, 2.75) is 46.0 Å². The summed E-state index contributed by atoms with van der Waals surface area (Å²) in [6, 6.07) is 6.65. The first-order chi connectivity index (χ1) is 8.99. The summed E-state index contributed by atoms with van der Waals surface area (Å²) in [7, 11) is 0. The molecule has 0 unspecified atom stereocenters. The Labute approximate surface area is 115 Å². The van der Waals surface area contributed by atoms with E-state index in [0.717, 1.165) is 6.42 Å². The molecule has 2 heteroatoms. The standard InChI is InChI=1S/C17H22O2/c1-17(2,16(18)19)11-4-3-6-13-9-10-14-7-5-8-15(14)12-13/h3,6,9-10,12H,4-5,7-8,11H2,1-2H3,(H,18,19)/b6-3+. The number of aliphatic carboxylic acids is 1. The van der Waals surface area contributed by atoms with Gasteiger partial charge in [0, 0.05) is 0 Å². The van der Waals surface area contributed by atoms with Crippen molar-refractivity contribution in [2.24, 2.45) is 5.41 Å². The van der Waals surface area contributed by atoms with Crippen LogP contribution in [0.15, 0.2) is 24.3 Å². The molecule has 0 bridgehead atoms. The number of carboxylic acids is 1. The molecule has 19 heavy (non-hydrogen) atoms. The Hall–Kier alpha value is -1.57. The summed E-state index contributed by atoms with van der Waals surface area (Å²) in [6.45, 7) is 3.55. The molecule has 1 aromatic rings. The molecule has 0 saturated heterocycles. The van der Waals surface area contributed by atoms with Crippen LogP contribution in [-0.2, 0) is 17.6 Å². The lowest BCUT2D eigenvalue weighted by Crippen LogP contribution is -2.22. The molecule has 1 aliphatic rings. The Morgan fingerprint density at radius 2 is 2.05 bits per heavy atom. The minimum atomic E-state index is -0.724. The SMILES string of the molecule is CC(C)(CC/C=C/c1ccc2c(c1)CCC2)C(=O)O. The first-order valence-corrected chi connectivity index (χ1v) is 7.01. The van der Waals surface area contributed by atoms with Crippen molar-refractivity contribution >= 4 is 12.0 Å². The Morgan fingerprint density at radius 1 is 1.32 bits per heavy atom. The van der Waals surface area contributed by atoms with Gasteiger partial charge in [0.2, 0.25) is 0 Å². The van der Waals surface area contributed by atoms with Gasteiger partial charge >= 0.3 is 5.97 Å². The first kappa shape index (κ1) is 13.9. The molecule has 1 aromatic carbocycles. The fourth-order valence-corrected chi connectivity index (χ4v) is 2.47. The molecule has 102 valence electrons. The second kappa shape index (κ2) is 5.60. The quantitative estimate of drug-likeness (QED) is 0.864. The van der Waals surface area contributed by atoms with Gasteiger partial charge in [-0.15, -0.1) is 0 Å².